The lowest BCUT2D eigenvalue weighted by atomic mass is 9.79. The highest BCUT2D eigenvalue weighted by Crippen LogP contribution is 2.36. The number of hydrogen-bond acceptors (Lipinski definition) is 7. The largest absolute Gasteiger partial charge is 0.497 e. The van der Waals surface area contributed by atoms with Crippen LogP contribution in [0.5, 0.6) is 5.75 Å². The molecule has 1 N–H and O–H groups in total. The fraction of sp³-hybridized carbons (Fsp3) is 0.462. The summed E-state index contributed by atoms with van der Waals surface area (Å²) in [5.74, 6) is 0.958. The number of fused-ring (bicyclic) bond motifs is 1. The molecule has 1 aromatic carbocycles. The number of rotatable bonds is 11. The zero-order chi connectivity index (χ0) is 24.6. The summed E-state index contributed by atoms with van der Waals surface area (Å²) in [6.07, 6.45) is 4.17. The van der Waals surface area contributed by atoms with Gasteiger partial charge in [0, 0.05) is 43.0 Å². The first-order valence-electron chi connectivity index (χ1n) is 11.9. The summed E-state index contributed by atoms with van der Waals surface area (Å²) in [4.78, 5) is 18.2. The van der Waals surface area contributed by atoms with Gasteiger partial charge in [-0.25, -0.2) is 4.39 Å². The fourth-order valence-corrected chi connectivity index (χ4v) is 5.74. The minimum Gasteiger partial charge on any atom is -0.497 e. The molecule has 1 aliphatic heterocycles. The summed E-state index contributed by atoms with van der Waals surface area (Å²) in [6, 6.07) is 11.0. The number of piperidine rings is 1. The number of pyridine rings is 1. The van der Waals surface area contributed by atoms with E-state index >= 15 is 4.39 Å². The molecule has 0 spiro atoms. The number of ether oxygens (including phenoxy) is 1. The van der Waals surface area contributed by atoms with E-state index in [1.54, 1.807) is 37.3 Å². The van der Waals surface area contributed by atoms with Gasteiger partial charge in [0.15, 0.2) is 0 Å². The van der Waals surface area contributed by atoms with Crippen LogP contribution in [0.4, 0.5) is 4.39 Å². The van der Waals surface area contributed by atoms with Crippen molar-refractivity contribution in [3.8, 4) is 5.75 Å². The monoisotopic (exact) mass is 498 g/mol. The average molecular weight is 499 g/mol. The van der Waals surface area contributed by atoms with Crippen LogP contribution in [-0.2, 0) is 4.79 Å². The van der Waals surface area contributed by atoms with Crippen molar-refractivity contribution in [3.63, 3.8) is 0 Å². The third-order valence-corrected chi connectivity index (χ3v) is 7.63. The zero-order valence-corrected chi connectivity index (χ0v) is 20.7. The Morgan fingerprint density at radius 1 is 1.29 bits per heavy atom. The van der Waals surface area contributed by atoms with Crippen molar-refractivity contribution in [1.82, 2.24) is 20.1 Å². The highest BCUT2D eigenvalue weighted by molar-refractivity contribution is 7.99. The molecule has 3 aromatic rings. The highest BCUT2D eigenvalue weighted by Gasteiger charge is 2.31. The van der Waals surface area contributed by atoms with Crippen molar-refractivity contribution in [2.45, 2.75) is 36.9 Å². The average Bonchev–Trinajstić information content (AvgIpc) is 2.87. The number of alkyl halides is 1. The van der Waals surface area contributed by atoms with Crippen LogP contribution in [0.25, 0.3) is 10.9 Å². The van der Waals surface area contributed by atoms with Gasteiger partial charge in [0.05, 0.1) is 12.6 Å². The second kappa shape index (κ2) is 12.3. The van der Waals surface area contributed by atoms with Gasteiger partial charge in [-0.3, -0.25) is 9.78 Å². The normalized spacial score (nSPS) is 19.5. The first-order valence-corrected chi connectivity index (χ1v) is 12.9. The maximum atomic E-state index is 15.4. The number of hydrogen-bond donors (Lipinski definition) is 1. The maximum Gasteiger partial charge on any atom is 0.303 e. The van der Waals surface area contributed by atoms with E-state index in [1.807, 2.05) is 30.3 Å². The molecule has 9 heteroatoms. The topological polar surface area (TPSA) is 88.4 Å². The van der Waals surface area contributed by atoms with Crippen LogP contribution in [0, 0.1) is 11.8 Å². The van der Waals surface area contributed by atoms with Crippen molar-refractivity contribution in [3.05, 3.63) is 54.4 Å². The van der Waals surface area contributed by atoms with Gasteiger partial charge in [0.25, 0.3) is 0 Å². The number of carboxylic acids is 1. The Morgan fingerprint density at radius 3 is 2.94 bits per heavy atom. The first-order chi connectivity index (χ1) is 17.0. The van der Waals surface area contributed by atoms with Gasteiger partial charge in [-0.05, 0) is 79.6 Å². The minimum absolute atomic E-state index is 0.0178. The van der Waals surface area contributed by atoms with Crippen molar-refractivity contribution in [2.75, 3.05) is 32.5 Å². The van der Waals surface area contributed by atoms with Gasteiger partial charge in [0.1, 0.15) is 16.9 Å². The summed E-state index contributed by atoms with van der Waals surface area (Å²) >= 11 is 1.65. The number of methoxy groups -OCH3 is 1. The Bertz CT molecular complexity index is 1120. The number of benzene rings is 1. The van der Waals surface area contributed by atoms with Crippen molar-refractivity contribution < 1.29 is 19.0 Å². The number of thioether (sulfide) groups is 1. The fourth-order valence-electron chi connectivity index (χ4n) is 4.90. The smallest absolute Gasteiger partial charge is 0.303 e. The van der Waals surface area contributed by atoms with Gasteiger partial charge in [-0.2, -0.15) is 5.10 Å². The Balaban J connectivity index is 1.35. The lowest BCUT2D eigenvalue weighted by Crippen LogP contribution is -2.42. The number of aliphatic carboxylic acids is 1. The van der Waals surface area contributed by atoms with Crippen LogP contribution in [0.15, 0.2) is 53.8 Å². The van der Waals surface area contributed by atoms with E-state index in [2.05, 4.69) is 20.1 Å². The van der Waals surface area contributed by atoms with Gasteiger partial charge < -0.3 is 14.7 Å². The van der Waals surface area contributed by atoms with E-state index in [0.717, 1.165) is 47.7 Å². The maximum absolute atomic E-state index is 15.4. The lowest BCUT2D eigenvalue weighted by molar-refractivity contribution is -0.139. The second-order valence-electron chi connectivity index (χ2n) is 8.95. The summed E-state index contributed by atoms with van der Waals surface area (Å²) in [7, 11) is 1.59. The third kappa shape index (κ3) is 6.89. The number of carbonyl (C=O) groups is 1. The van der Waals surface area contributed by atoms with Gasteiger partial charge in [0.2, 0.25) is 0 Å². The van der Waals surface area contributed by atoms with Crippen LogP contribution < -0.4 is 4.74 Å². The van der Waals surface area contributed by atoms with Gasteiger partial charge in [-0.1, -0.05) is 0 Å². The summed E-state index contributed by atoms with van der Waals surface area (Å²) in [5.41, 5.74) is 1.35. The second-order valence-corrected chi connectivity index (χ2v) is 10.1. The SMILES string of the molecule is COc1ccc2nccc(C(F)CC[C@@H]3CCN(CCSc4cccnn4)C[C@@H]3CC(=O)O)c2c1. The lowest BCUT2D eigenvalue weighted by Gasteiger charge is -2.38. The van der Waals surface area contributed by atoms with Gasteiger partial charge in [-0.15, -0.1) is 16.9 Å². The molecule has 0 radical (unpaired) electrons. The standard InChI is InChI=1S/C26H31FN4O3S/c1-34-20-5-7-24-22(16-20)21(8-11-28-24)23(27)6-4-18-9-12-31(17-19(18)15-26(32)33)13-14-35-25-3-2-10-29-30-25/h2-3,5,7-8,10-11,16,18-19,23H,4,6,9,12-15,17H2,1H3,(H,32,33)/t18-,19+,23?/m1/s1. The quantitative estimate of drug-likeness (QED) is 0.368. The molecule has 0 saturated carbocycles. The van der Waals surface area contributed by atoms with E-state index in [4.69, 9.17) is 4.74 Å². The van der Waals surface area contributed by atoms with Crippen molar-refractivity contribution in [1.29, 1.82) is 0 Å². The number of likely N-dealkylation sites (tertiary alicyclic amines) is 1. The number of nitrogens with zero attached hydrogens (tertiary/aromatic N) is 4. The molecule has 1 aliphatic rings. The highest BCUT2D eigenvalue weighted by atomic mass is 32.2. The molecule has 1 unspecified atom stereocenters. The van der Waals surface area contributed by atoms with Crippen LogP contribution in [0.2, 0.25) is 0 Å². The minimum atomic E-state index is -1.14. The Morgan fingerprint density at radius 2 is 2.17 bits per heavy atom. The Labute approximate surface area is 209 Å². The molecule has 0 amide bonds. The van der Waals surface area contributed by atoms with Crippen molar-refractivity contribution in [2.24, 2.45) is 11.8 Å². The summed E-state index contributed by atoms with van der Waals surface area (Å²) in [5, 5.41) is 19.1. The van der Waals surface area contributed by atoms with E-state index in [-0.39, 0.29) is 18.3 Å². The Kier molecular flexibility index (Phi) is 8.87. The van der Waals surface area contributed by atoms with E-state index in [9.17, 15) is 9.90 Å². The molecule has 3 atom stereocenters. The van der Waals surface area contributed by atoms with Crippen LogP contribution in [0.3, 0.4) is 0 Å². The van der Waals surface area contributed by atoms with E-state index in [0.29, 0.717) is 24.2 Å². The number of carboxylic acid groups (broad SMARTS) is 1. The molecular formula is C26H31FN4O3S. The molecule has 186 valence electrons. The molecule has 35 heavy (non-hydrogen) atoms. The zero-order valence-electron chi connectivity index (χ0n) is 19.8. The molecule has 7 nitrogen and oxygen atoms in total. The van der Waals surface area contributed by atoms with Crippen molar-refractivity contribution >= 4 is 28.6 Å². The first kappa shape index (κ1) is 25.3. The van der Waals surface area contributed by atoms with Crippen LogP contribution >= 0.6 is 11.8 Å². The Hall–Kier alpha value is -2.78. The molecule has 4 rings (SSSR count). The molecule has 1 fully saturated rings. The van der Waals surface area contributed by atoms with E-state index in [1.165, 1.54) is 0 Å². The third-order valence-electron chi connectivity index (χ3n) is 6.73. The van der Waals surface area contributed by atoms with Crippen LogP contribution in [-0.4, -0.2) is 63.7 Å². The molecule has 2 aromatic heterocycles. The number of aromatic nitrogens is 3. The van der Waals surface area contributed by atoms with Crippen LogP contribution in [0.1, 0.15) is 37.4 Å². The predicted molar refractivity (Wildman–Crippen MR) is 134 cm³/mol. The predicted octanol–water partition coefficient (Wildman–Crippen LogP) is 5.03. The van der Waals surface area contributed by atoms with E-state index < -0.39 is 12.1 Å². The summed E-state index contributed by atoms with van der Waals surface area (Å²) in [6.45, 7) is 2.49. The molecule has 3 heterocycles. The van der Waals surface area contributed by atoms with Gasteiger partial charge >= 0.3 is 5.97 Å². The molecule has 1 saturated heterocycles. The molecule has 0 bridgehead atoms. The number of halogens is 1. The molecule has 0 aliphatic carbocycles. The summed E-state index contributed by atoms with van der Waals surface area (Å²) < 4.78 is 20.7. The molecular weight excluding hydrogens is 467 g/mol.